The highest BCUT2D eigenvalue weighted by molar-refractivity contribution is 6.08. The summed E-state index contributed by atoms with van der Waals surface area (Å²) < 4.78 is 56.6. The number of halogens is 4. The fraction of sp³-hybridized carbons (Fsp3) is 0.394. The zero-order chi connectivity index (χ0) is 29.7. The third-order valence-electron chi connectivity index (χ3n) is 8.70. The second kappa shape index (κ2) is 8.66. The van der Waals surface area contributed by atoms with Crippen molar-refractivity contribution in [1.82, 2.24) is 0 Å². The second-order valence-electron chi connectivity index (χ2n) is 13.2. The van der Waals surface area contributed by atoms with Crippen molar-refractivity contribution >= 4 is 22.9 Å². The number of allylic oxidation sites excluding steroid dienone is 5. The molecular formula is C33H33F4N2O2+. The maximum absolute atomic E-state index is 13.8. The number of nitrogens with zero attached hydrogens (tertiary/aromatic N) is 2. The summed E-state index contributed by atoms with van der Waals surface area (Å²) in [6.45, 7) is 8.83. The monoisotopic (exact) mass is 565 g/mol. The summed E-state index contributed by atoms with van der Waals surface area (Å²) in [5.41, 5.74) is 6.31. The minimum atomic E-state index is -2.73. The minimum Gasteiger partial charge on any atom is -0.478 e. The van der Waals surface area contributed by atoms with Crippen molar-refractivity contribution in [2.45, 2.75) is 57.3 Å². The third kappa shape index (κ3) is 4.52. The Balaban J connectivity index is 1.62. The summed E-state index contributed by atoms with van der Waals surface area (Å²) in [4.78, 5) is 14.1. The van der Waals surface area contributed by atoms with Gasteiger partial charge in [0, 0.05) is 23.3 Å². The smallest absolute Gasteiger partial charge is 0.361 e. The lowest BCUT2D eigenvalue weighted by molar-refractivity contribution is -0.638. The highest BCUT2D eigenvalue weighted by Gasteiger charge is 2.51. The van der Waals surface area contributed by atoms with Crippen molar-refractivity contribution in [2.24, 2.45) is 0 Å². The summed E-state index contributed by atoms with van der Waals surface area (Å²) >= 11 is 0. The molecular weight excluding hydrogens is 532 g/mol. The van der Waals surface area contributed by atoms with Crippen LogP contribution in [0.25, 0.3) is 5.57 Å². The first kappa shape index (κ1) is 27.5. The molecule has 0 bridgehead atoms. The number of rotatable bonds is 3. The summed E-state index contributed by atoms with van der Waals surface area (Å²) in [7, 11) is 0. The first-order valence-corrected chi connectivity index (χ1v) is 13.8. The van der Waals surface area contributed by atoms with E-state index in [0.717, 1.165) is 33.4 Å². The molecule has 0 saturated carbocycles. The Kier molecular flexibility index (Phi) is 5.81. The Morgan fingerprint density at radius 3 is 2.20 bits per heavy atom. The molecule has 0 atom stereocenters. The number of carboxylic acid groups (broad SMARTS) is 1. The van der Waals surface area contributed by atoms with Crippen LogP contribution in [0.2, 0.25) is 0 Å². The number of anilines is 1. The lowest BCUT2D eigenvalue weighted by Gasteiger charge is -2.43. The number of carboxylic acids is 1. The number of hydrogen-bond acceptors (Lipinski definition) is 2. The molecule has 2 heterocycles. The molecule has 0 unspecified atom stereocenters. The molecule has 0 radical (unpaired) electrons. The zero-order valence-electron chi connectivity index (χ0n) is 23.8. The second-order valence-corrected chi connectivity index (χ2v) is 13.2. The van der Waals surface area contributed by atoms with E-state index in [1.165, 1.54) is 0 Å². The molecule has 214 valence electrons. The van der Waals surface area contributed by atoms with Crippen molar-refractivity contribution < 1.29 is 32.0 Å². The summed E-state index contributed by atoms with van der Waals surface area (Å²) in [5, 5.41) is 10.2. The summed E-state index contributed by atoms with van der Waals surface area (Å²) in [5.74, 6) is -6.51. The molecule has 8 heteroatoms. The summed E-state index contributed by atoms with van der Waals surface area (Å²) in [6, 6.07) is 11.0. The van der Waals surface area contributed by atoms with Crippen LogP contribution in [-0.4, -0.2) is 59.4 Å². The van der Waals surface area contributed by atoms with Gasteiger partial charge in [-0.3, -0.25) is 0 Å². The van der Waals surface area contributed by atoms with Gasteiger partial charge in [0.05, 0.1) is 18.7 Å². The Labute approximate surface area is 237 Å². The normalized spacial score (nSPS) is 22.0. The van der Waals surface area contributed by atoms with E-state index in [4.69, 9.17) is 0 Å². The topological polar surface area (TPSA) is 43.5 Å². The van der Waals surface area contributed by atoms with Gasteiger partial charge < -0.3 is 10.0 Å². The van der Waals surface area contributed by atoms with Crippen LogP contribution in [0.15, 0.2) is 65.8 Å². The average Bonchev–Trinajstić information content (AvgIpc) is 2.85. The molecule has 2 aromatic rings. The van der Waals surface area contributed by atoms with Gasteiger partial charge in [0.1, 0.15) is 0 Å². The molecule has 2 aliphatic heterocycles. The van der Waals surface area contributed by atoms with Crippen LogP contribution in [0.4, 0.5) is 23.2 Å². The quantitative estimate of drug-likeness (QED) is 0.328. The van der Waals surface area contributed by atoms with Crippen molar-refractivity contribution in [3.8, 4) is 0 Å². The van der Waals surface area contributed by atoms with Crippen LogP contribution >= 0.6 is 0 Å². The van der Waals surface area contributed by atoms with Crippen LogP contribution in [0.5, 0.6) is 0 Å². The van der Waals surface area contributed by atoms with Gasteiger partial charge in [0.25, 0.3) is 5.92 Å². The van der Waals surface area contributed by atoms with E-state index in [0.29, 0.717) is 17.0 Å². The largest absolute Gasteiger partial charge is 0.478 e. The Hall–Kier alpha value is -3.68. The fourth-order valence-electron chi connectivity index (χ4n) is 6.30. The highest BCUT2D eigenvalue weighted by atomic mass is 19.3. The molecule has 6 rings (SSSR count). The maximum Gasteiger partial charge on any atom is 0.361 e. The molecule has 0 aromatic heterocycles. The molecule has 2 aromatic carbocycles. The van der Waals surface area contributed by atoms with Gasteiger partial charge >= 0.3 is 11.9 Å². The number of hydrogen-bond donors (Lipinski definition) is 1. The molecule has 2 aliphatic carbocycles. The van der Waals surface area contributed by atoms with E-state index in [2.05, 4.69) is 20.8 Å². The molecule has 41 heavy (non-hydrogen) atoms. The first-order chi connectivity index (χ1) is 19.0. The van der Waals surface area contributed by atoms with Crippen molar-refractivity contribution in [3.05, 3.63) is 93.6 Å². The molecule has 4 nitrogen and oxygen atoms in total. The van der Waals surface area contributed by atoms with Gasteiger partial charge in [-0.2, -0.15) is 8.78 Å². The molecule has 2 saturated heterocycles. The summed E-state index contributed by atoms with van der Waals surface area (Å²) in [6.07, 6.45) is 5.65. The van der Waals surface area contributed by atoms with Crippen molar-refractivity contribution in [2.75, 3.05) is 31.1 Å². The van der Waals surface area contributed by atoms with Gasteiger partial charge in [0.15, 0.2) is 0 Å². The number of benzene rings is 2. The lowest BCUT2D eigenvalue weighted by atomic mass is 9.63. The van der Waals surface area contributed by atoms with Gasteiger partial charge in [-0.05, 0) is 74.7 Å². The fourth-order valence-corrected chi connectivity index (χ4v) is 6.30. The lowest BCUT2D eigenvalue weighted by Crippen LogP contribution is -2.56. The number of alkyl halides is 4. The van der Waals surface area contributed by atoms with E-state index in [1.54, 1.807) is 15.5 Å². The van der Waals surface area contributed by atoms with E-state index in [9.17, 15) is 27.5 Å². The van der Waals surface area contributed by atoms with E-state index in [1.807, 2.05) is 62.4 Å². The molecule has 4 aliphatic rings. The SMILES string of the molecule is CC(C)(C)c1ccc(C(=O)O)c(C2=C3C=CC(=[N+]4CC(F)(F)C4)C=C3C(C)(C)c3cc(N4CC(F)(F)C4)ccc32)c1. The highest BCUT2D eigenvalue weighted by Crippen LogP contribution is 2.52. The van der Waals surface area contributed by atoms with Gasteiger partial charge in [-0.15, -0.1) is 0 Å². The average molecular weight is 566 g/mol. The van der Waals surface area contributed by atoms with Crippen LogP contribution in [-0.2, 0) is 10.8 Å². The van der Waals surface area contributed by atoms with E-state index >= 15 is 0 Å². The van der Waals surface area contributed by atoms with Gasteiger partial charge in [0.2, 0.25) is 18.8 Å². The number of carbonyl (C=O) groups is 1. The number of aromatic carboxylic acids is 1. The maximum atomic E-state index is 13.8. The van der Waals surface area contributed by atoms with Crippen molar-refractivity contribution in [3.63, 3.8) is 0 Å². The van der Waals surface area contributed by atoms with Crippen LogP contribution in [0.3, 0.4) is 0 Å². The third-order valence-corrected chi connectivity index (χ3v) is 8.70. The Morgan fingerprint density at radius 1 is 0.927 bits per heavy atom. The molecule has 1 N–H and O–H groups in total. The van der Waals surface area contributed by atoms with Crippen LogP contribution in [0, 0.1) is 0 Å². The first-order valence-electron chi connectivity index (χ1n) is 13.8. The minimum absolute atomic E-state index is 0.155. The molecule has 2 fully saturated rings. The standard InChI is InChI=1S/C33H32F4N2O2/c1-30(2,3)19-6-9-22(29(40)41)25(12-19)28-23-10-7-20(38-15-32(34,35)16-38)13-26(23)31(4,5)27-14-21(8-11-24(27)28)39-17-33(36,37)18-39/h6-14H,15-18H2,1-5H3/p+1. The van der Waals surface area contributed by atoms with E-state index < -0.39 is 23.2 Å². The molecule has 0 spiro atoms. The van der Waals surface area contributed by atoms with Crippen LogP contribution < -0.4 is 4.90 Å². The van der Waals surface area contributed by atoms with E-state index in [-0.39, 0.29) is 37.2 Å². The van der Waals surface area contributed by atoms with Gasteiger partial charge in [-0.25, -0.2) is 18.2 Å². The van der Waals surface area contributed by atoms with Crippen molar-refractivity contribution in [1.29, 1.82) is 0 Å². The van der Waals surface area contributed by atoms with Crippen LogP contribution in [0.1, 0.15) is 67.2 Å². The Morgan fingerprint density at radius 2 is 1.61 bits per heavy atom. The zero-order valence-corrected chi connectivity index (χ0v) is 23.8. The molecule has 0 amide bonds. The predicted molar refractivity (Wildman–Crippen MR) is 152 cm³/mol. The van der Waals surface area contributed by atoms with Gasteiger partial charge in [-0.1, -0.05) is 46.8 Å². The Bertz CT molecular complexity index is 1620. The predicted octanol–water partition coefficient (Wildman–Crippen LogP) is 6.83. The number of fused-ring (bicyclic) bond motifs is 2.